The van der Waals surface area contributed by atoms with Crippen molar-refractivity contribution in [2.75, 3.05) is 45.3 Å². The molecule has 0 radical (unpaired) electrons. The number of benzene rings is 2. The fourth-order valence-corrected chi connectivity index (χ4v) is 3.52. The lowest BCUT2D eigenvalue weighted by Crippen LogP contribution is -2.48. The number of aryl methyl sites for hydroxylation is 1. The number of rotatable bonds is 5. The van der Waals surface area contributed by atoms with Crippen molar-refractivity contribution in [2.24, 2.45) is 0 Å². The van der Waals surface area contributed by atoms with E-state index in [0.717, 1.165) is 24.3 Å². The zero-order valence-electron chi connectivity index (χ0n) is 17.3. The van der Waals surface area contributed by atoms with Gasteiger partial charge in [-0.1, -0.05) is 5.16 Å². The highest BCUT2D eigenvalue weighted by molar-refractivity contribution is 5.95. The van der Waals surface area contributed by atoms with Gasteiger partial charge in [-0.15, -0.1) is 0 Å². The minimum atomic E-state index is -0.0188. The number of nitrogens with zero attached hydrogens (tertiary/aromatic N) is 4. The van der Waals surface area contributed by atoms with E-state index in [4.69, 9.17) is 14.0 Å². The first-order valence-corrected chi connectivity index (χ1v) is 9.75. The molecule has 1 aromatic heterocycles. The van der Waals surface area contributed by atoms with Gasteiger partial charge in [0.25, 0.3) is 5.91 Å². The summed E-state index contributed by atoms with van der Waals surface area (Å²) in [4.78, 5) is 21.3. The summed E-state index contributed by atoms with van der Waals surface area (Å²) < 4.78 is 15.6. The molecule has 1 amide bonds. The Morgan fingerprint density at radius 3 is 2.13 bits per heavy atom. The van der Waals surface area contributed by atoms with E-state index in [1.54, 1.807) is 39.3 Å². The lowest BCUT2D eigenvalue weighted by molar-refractivity contribution is 0.0746. The van der Waals surface area contributed by atoms with E-state index in [0.29, 0.717) is 41.9 Å². The summed E-state index contributed by atoms with van der Waals surface area (Å²) in [6.45, 7) is 4.57. The molecule has 0 N–H and O–H groups in total. The average molecular weight is 408 g/mol. The Bertz CT molecular complexity index is 1000. The molecular weight excluding hydrogens is 384 g/mol. The highest BCUT2D eigenvalue weighted by Crippen LogP contribution is 2.25. The SMILES string of the molecule is COc1cc(OC)cc(C(=O)N2CCN(c3ccc(-c4noc(C)n4)cc3)CC2)c1. The van der Waals surface area contributed by atoms with Crippen LogP contribution in [-0.2, 0) is 0 Å². The third kappa shape index (κ3) is 4.07. The van der Waals surface area contributed by atoms with E-state index < -0.39 is 0 Å². The summed E-state index contributed by atoms with van der Waals surface area (Å²) in [7, 11) is 3.15. The predicted octanol–water partition coefficient (Wildman–Crippen LogP) is 3.02. The number of carbonyl (C=O) groups excluding carboxylic acids is 1. The lowest BCUT2D eigenvalue weighted by atomic mass is 10.1. The predicted molar refractivity (Wildman–Crippen MR) is 112 cm³/mol. The number of ether oxygens (including phenoxy) is 2. The molecule has 0 aliphatic carbocycles. The summed E-state index contributed by atoms with van der Waals surface area (Å²) in [5.41, 5.74) is 2.59. The van der Waals surface area contributed by atoms with Gasteiger partial charge in [0, 0.05) is 56.0 Å². The number of piperazine rings is 1. The number of amides is 1. The van der Waals surface area contributed by atoms with E-state index in [-0.39, 0.29) is 5.91 Å². The molecule has 1 aliphatic heterocycles. The van der Waals surface area contributed by atoms with Crippen LogP contribution in [0.3, 0.4) is 0 Å². The van der Waals surface area contributed by atoms with Crippen LogP contribution >= 0.6 is 0 Å². The van der Waals surface area contributed by atoms with Gasteiger partial charge in [0.1, 0.15) is 11.5 Å². The largest absolute Gasteiger partial charge is 0.497 e. The Labute approximate surface area is 175 Å². The molecule has 1 aliphatic rings. The number of aromatic nitrogens is 2. The van der Waals surface area contributed by atoms with Crippen LogP contribution in [0.4, 0.5) is 5.69 Å². The fraction of sp³-hybridized carbons (Fsp3) is 0.318. The molecule has 2 heterocycles. The zero-order chi connectivity index (χ0) is 21.1. The molecule has 0 spiro atoms. The van der Waals surface area contributed by atoms with E-state index in [1.807, 2.05) is 29.2 Å². The van der Waals surface area contributed by atoms with Crippen molar-refractivity contribution < 1.29 is 18.8 Å². The zero-order valence-corrected chi connectivity index (χ0v) is 17.3. The summed E-state index contributed by atoms with van der Waals surface area (Å²) in [6, 6.07) is 13.3. The Morgan fingerprint density at radius 2 is 1.60 bits per heavy atom. The van der Waals surface area contributed by atoms with Gasteiger partial charge < -0.3 is 23.8 Å². The van der Waals surface area contributed by atoms with Crippen LogP contribution in [0.1, 0.15) is 16.2 Å². The van der Waals surface area contributed by atoms with Crippen molar-refractivity contribution in [1.82, 2.24) is 15.0 Å². The quantitative estimate of drug-likeness (QED) is 0.642. The Morgan fingerprint density at radius 1 is 0.967 bits per heavy atom. The first-order chi connectivity index (χ1) is 14.6. The first kappa shape index (κ1) is 19.8. The van der Waals surface area contributed by atoms with Gasteiger partial charge >= 0.3 is 0 Å². The highest BCUT2D eigenvalue weighted by Gasteiger charge is 2.23. The standard InChI is InChI=1S/C22H24N4O4/c1-15-23-21(24-30-15)16-4-6-18(7-5-16)25-8-10-26(11-9-25)22(27)17-12-19(28-2)14-20(13-17)29-3/h4-7,12-14H,8-11H2,1-3H3. The molecule has 30 heavy (non-hydrogen) atoms. The number of methoxy groups -OCH3 is 2. The molecule has 0 atom stereocenters. The molecular formula is C22H24N4O4. The van der Waals surface area contributed by atoms with Crippen LogP contribution in [0.25, 0.3) is 11.4 Å². The molecule has 2 aromatic carbocycles. The number of hydrogen-bond donors (Lipinski definition) is 0. The third-order valence-corrected chi connectivity index (χ3v) is 5.18. The molecule has 4 rings (SSSR count). The highest BCUT2D eigenvalue weighted by atomic mass is 16.5. The third-order valence-electron chi connectivity index (χ3n) is 5.18. The lowest BCUT2D eigenvalue weighted by Gasteiger charge is -2.36. The first-order valence-electron chi connectivity index (χ1n) is 9.75. The number of carbonyl (C=O) groups is 1. The second kappa shape index (κ2) is 8.44. The van der Waals surface area contributed by atoms with E-state index in [9.17, 15) is 4.79 Å². The second-order valence-corrected chi connectivity index (χ2v) is 7.06. The summed E-state index contributed by atoms with van der Waals surface area (Å²) in [6.07, 6.45) is 0. The summed E-state index contributed by atoms with van der Waals surface area (Å²) in [5, 5.41) is 3.95. The maximum absolute atomic E-state index is 13.0. The van der Waals surface area contributed by atoms with Crippen LogP contribution in [0.2, 0.25) is 0 Å². The summed E-state index contributed by atoms with van der Waals surface area (Å²) in [5.74, 6) is 2.32. The van der Waals surface area contributed by atoms with Gasteiger partial charge in [-0.2, -0.15) is 4.98 Å². The second-order valence-electron chi connectivity index (χ2n) is 7.06. The molecule has 0 bridgehead atoms. The van der Waals surface area contributed by atoms with Gasteiger partial charge in [0.05, 0.1) is 14.2 Å². The smallest absolute Gasteiger partial charge is 0.254 e. The van der Waals surface area contributed by atoms with Crippen LogP contribution in [-0.4, -0.2) is 61.3 Å². The normalized spacial score (nSPS) is 14.0. The monoisotopic (exact) mass is 408 g/mol. The Hall–Kier alpha value is -3.55. The van der Waals surface area contributed by atoms with Crippen molar-refractivity contribution in [2.45, 2.75) is 6.92 Å². The van der Waals surface area contributed by atoms with Gasteiger partial charge in [-0.05, 0) is 36.4 Å². The van der Waals surface area contributed by atoms with Gasteiger partial charge in [0.2, 0.25) is 11.7 Å². The minimum absolute atomic E-state index is 0.0188. The summed E-state index contributed by atoms with van der Waals surface area (Å²) >= 11 is 0. The van der Waals surface area contributed by atoms with E-state index in [2.05, 4.69) is 15.0 Å². The molecule has 1 fully saturated rings. The van der Waals surface area contributed by atoms with Gasteiger partial charge in [-0.25, -0.2) is 0 Å². The molecule has 8 heteroatoms. The van der Waals surface area contributed by atoms with Crippen molar-refractivity contribution in [3.63, 3.8) is 0 Å². The molecule has 0 saturated carbocycles. The Kier molecular flexibility index (Phi) is 5.56. The van der Waals surface area contributed by atoms with E-state index >= 15 is 0 Å². The molecule has 8 nitrogen and oxygen atoms in total. The van der Waals surface area contributed by atoms with Gasteiger partial charge in [-0.3, -0.25) is 4.79 Å². The number of anilines is 1. The fourth-order valence-electron chi connectivity index (χ4n) is 3.52. The van der Waals surface area contributed by atoms with Gasteiger partial charge in [0.15, 0.2) is 0 Å². The Balaban J connectivity index is 1.40. The van der Waals surface area contributed by atoms with Crippen LogP contribution in [0, 0.1) is 6.92 Å². The minimum Gasteiger partial charge on any atom is -0.497 e. The average Bonchev–Trinajstić information content (AvgIpc) is 3.24. The molecule has 0 unspecified atom stereocenters. The van der Waals surface area contributed by atoms with Crippen molar-refractivity contribution in [1.29, 1.82) is 0 Å². The van der Waals surface area contributed by atoms with Crippen molar-refractivity contribution in [3.05, 3.63) is 53.9 Å². The van der Waals surface area contributed by atoms with Crippen LogP contribution < -0.4 is 14.4 Å². The topological polar surface area (TPSA) is 80.9 Å². The van der Waals surface area contributed by atoms with E-state index in [1.165, 1.54) is 0 Å². The molecule has 1 saturated heterocycles. The van der Waals surface area contributed by atoms with Crippen LogP contribution in [0.5, 0.6) is 11.5 Å². The van der Waals surface area contributed by atoms with Crippen molar-refractivity contribution >= 4 is 11.6 Å². The number of hydrogen-bond acceptors (Lipinski definition) is 7. The molecule has 3 aromatic rings. The van der Waals surface area contributed by atoms with Crippen LogP contribution in [0.15, 0.2) is 47.0 Å². The molecule has 156 valence electrons. The maximum Gasteiger partial charge on any atom is 0.254 e. The maximum atomic E-state index is 13.0. The van der Waals surface area contributed by atoms with Crippen molar-refractivity contribution in [3.8, 4) is 22.9 Å².